The van der Waals surface area contributed by atoms with Gasteiger partial charge in [0.1, 0.15) is 11.4 Å². The normalized spacial score (nSPS) is 10.8. The predicted octanol–water partition coefficient (Wildman–Crippen LogP) is 4.81. The van der Waals surface area contributed by atoms with Crippen LogP contribution in [0.1, 0.15) is 16.2 Å². The topological polar surface area (TPSA) is 46.3 Å². The first kappa shape index (κ1) is 16.0. The molecule has 0 saturated carbocycles. The largest absolute Gasteiger partial charge is 0.451 e. The molecule has 5 heteroatoms. The average molecular weight is 346 g/mol. The van der Waals surface area contributed by atoms with Gasteiger partial charge in [-0.2, -0.15) is 0 Å². The van der Waals surface area contributed by atoms with Gasteiger partial charge in [-0.15, -0.1) is 0 Å². The van der Waals surface area contributed by atoms with Crippen molar-refractivity contribution in [1.82, 2.24) is 4.98 Å². The highest BCUT2D eigenvalue weighted by Gasteiger charge is 2.22. The Morgan fingerprint density at radius 3 is 2.50 bits per heavy atom. The molecule has 0 N–H and O–H groups in total. The van der Waals surface area contributed by atoms with Crippen LogP contribution in [0.5, 0.6) is 0 Å². The molecule has 2 heterocycles. The number of pyridine rings is 1. The second kappa shape index (κ2) is 6.80. The number of benzene rings is 2. The van der Waals surface area contributed by atoms with Gasteiger partial charge in [0.25, 0.3) is 5.91 Å². The number of para-hydroxylation sites is 1. The number of aromatic nitrogens is 1. The zero-order valence-electron chi connectivity index (χ0n) is 13.8. The van der Waals surface area contributed by atoms with E-state index in [9.17, 15) is 9.18 Å². The number of nitrogens with zero attached hydrogens (tertiary/aromatic N) is 2. The Kier molecular flexibility index (Phi) is 4.19. The zero-order valence-corrected chi connectivity index (χ0v) is 13.8. The van der Waals surface area contributed by atoms with Crippen molar-refractivity contribution in [3.8, 4) is 0 Å². The number of anilines is 1. The molecule has 4 nitrogen and oxygen atoms in total. The zero-order chi connectivity index (χ0) is 17.9. The predicted molar refractivity (Wildman–Crippen MR) is 97.4 cm³/mol. The Hall–Kier alpha value is -3.47. The molecule has 0 radical (unpaired) electrons. The molecule has 0 aliphatic rings. The van der Waals surface area contributed by atoms with Crippen molar-refractivity contribution in [2.24, 2.45) is 0 Å². The van der Waals surface area contributed by atoms with E-state index >= 15 is 0 Å². The van der Waals surface area contributed by atoms with E-state index < -0.39 is 0 Å². The summed E-state index contributed by atoms with van der Waals surface area (Å²) in [5, 5.41) is 0.854. The maximum Gasteiger partial charge on any atom is 0.294 e. The summed E-state index contributed by atoms with van der Waals surface area (Å²) in [7, 11) is 0. The Labute approximate surface area is 149 Å². The van der Waals surface area contributed by atoms with Gasteiger partial charge in [-0.1, -0.05) is 24.3 Å². The SMILES string of the molecule is O=C(c1cc2ccccc2o1)N(Cc1ccccn1)c1ccc(F)cc1. The van der Waals surface area contributed by atoms with Crippen LogP contribution in [0.3, 0.4) is 0 Å². The molecule has 2 aromatic heterocycles. The minimum absolute atomic E-state index is 0.228. The fourth-order valence-corrected chi connectivity index (χ4v) is 2.78. The smallest absolute Gasteiger partial charge is 0.294 e. The molecule has 0 spiro atoms. The fourth-order valence-electron chi connectivity index (χ4n) is 2.78. The van der Waals surface area contributed by atoms with E-state index in [0.29, 0.717) is 11.3 Å². The number of fused-ring (bicyclic) bond motifs is 1. The summed E-state index contributed by atoms with van der Waals surface area (Å²) >= 11 is 0. The lowest BCUT2D eigenvalue weighted by Crippen LogP contribution is -2.30. The Balaban J connectivity index is 1.73. The maximum atomic E-state index is 13.3. The van der Waals surface area contributed by atoms with Crippen molar-refractivity contribution in [2.45, 2.75) is 6.54 Å². The second-order valence-corrected chi connectivity index (χ2v) is 5.84. The van der Waals surface area contributed by atoms with Gasteiger partial charge >= 0.3 is 0 Å². The quantitative estimate of drug-likeness (QED) is 0.532. The third kappa shape index (κ3) is 3.19. The lowest BCUT2D eigenvalue weighted by molar-refractivity contribution is 0.0960. The van der Waals surface area contributed by atoms with Gasteiger partial charge in [-0.25, -0.2) is 4.39 Å². The Bertz CT molecular complexity index is 1010. The minimum Gasteiger partial charge on any atom is -0.451 e. The van der Waals surface area contributed by atoms with Crippen LogP contribution in [0.25, 0.3) is 11.0 Å². The first-order valence-electron chi connectivity index (χ1n) is 8.16. The lowest BCUT2D eigenvalue weighted by atomic mass is 10.2. The number of carbonyl (C=O) groups is 1. The summed E-state index contributed by atoms with van der Waals surface area (Å²) in [6.07, 6.45) is 1.67. The summed E-state index contributed by atoms with van der Waals surface area (Å²) < 4.78 is 19.0. The van der Waals surface area contributed by atoms with Crippen LogP contribution in [0.4, 0.5) is 10.1 Å². The van der Waals surface area contributed by atoms with Crippen LogP contribution in [0, 0.1) is 5.82 Å². The fraction of sp³-hybridized carbons (Fsp3) is 0.0476. The van der Waals surface area contributed by atoms with E-state index in [1.165, 1.54) is 17.0 Å². The van der Waals surface area contributed by atoms with E-state index in [2.05, 4.69) is 4.98 Å². The molecule has 0 unspecified atom stereocenters. The first-order chi connectivity index (χ1) is 12.7. The van der Waals surface area contributed by atoms with E-state index in [0.717, 1.165) is 11.1 Å². The van der Waals surface area contributed by atoms with Crippen LogP contribution >= 0.6 is 0 Å². The van der Waals surface area contributed by atoms with Gasteiger partial charge in [0.05, 0.1) is 12.2 Å². The molecule has 128 valence electrons. The van der Waals surface area contributed by atoms with E-state index in [4.69, 9.17) is 4.42 Å². The van der Waals surface area contributed by atoms with Crippen LogP contribution in [0.15, 0.2) is 83.4 Å². The van der Waals surface area contributed by atoms with Gasteiger partial charge < -0.3 is 4.42 Å². The molecule has 0 aliphatic carbocycles. The molecule has 1 amide bonds. The molecular formula is C21H15FN2O2. The highest BCUT2D eigenvalue weighted by molar-refractivity contribution is 6.06. The van der Waals surface area contributed by atoms with E-state index in [1.54, 1.807) is 24.4 Å². The molecule has 26 heavy (non-hydrogen) atoms. The van der Waals surface area contributed by atoms with Crippen LogP contribution in [-0.4, -0.2) is 10.9 Å². The van der Waals surface area contributed by atoms with Crippen molar-refractivity contribution in [3.63, 3.8) is 0 Å². The molecule has 0 fully saturated rings. The molecule has 0 saturated heterocycles. The highest BCUT2D eigenvalue weighted by atomic mass is 19.1. The van der Waals surface area contributed by atoms with Crippen molar-refractivity contribution in [2.75, 3.05) is 4.90 Å². The number of hydrogen-bond donors (Lipinski definition) is 0. The van der Waals surface area contributed by atoms with Crippen LogP contribution in [0.2, 0.25) is 0 Å². The van der Waals surface area contributed by atoms with Gasteiger partial charge in [0.15, 0.2) is 5.76 Å². The van der Waals surface area contributed by atoms with Crippen molar-refractivity contribution >= 4 is 22.6 Å². The molecule has 2 aromatic carbocycles. The average Bonchev–Trinajstić information content (AvgIpc) is 3.11. The number of carbonyl (C=O) groups excluding carboxylic acids is 1. The summed E-state index contributed by atoms with van der Waals surface area (Å²) in [6, 6.07) is 20.4. The van der Waals surface area contributed by atoms with Gasteiger partial charge in [0.2, 0.25) is 0 Å². The third-order valence-electron chi connectivity index (χ3n) is 4.07. The third-order valence-corrected chi connectivity index (χ3v) is 4.07. The maximum absolute atomic E-state index is 13.3. The van der Waals surface area contributed by atoms with E-state index in [1.807, 2.05) is 42.5 Å². The number of hydrogen-bond acceptors (Lipinski definition) is 3. The minimum atomic E-state index is -0.359. The lowest BCUT2D eigenvalue weighted by Gasteiger charge is -2.21. The number of amides is 1. The van der Waals surface area contributed by atoms with Crippen LogP contribution < -0.4 is 4.90 Å². The Morgan fingerprint density at radius 2 is 1.77 bits per heavy atom. The molecule has 4 rings (SSSR count). The molecule has 4 aromatic rings. The van der Waals surface area contributed by atoms with Crippen molar-refractivity contribution in [3.05, 3.63) is 96.3 Å². The van der Waals surface area contributed by atoms with Gasteiger partial charge in [-0.3, -0.25) is 14.7 Å². The standard InChI is InChI=1S/C21H15FN2O2/c22-16-8-10-18(11-9-16)24(14-17-6-3-4-12-23-17)21(25)20-13-15-5-1-2-7-19(15)26-20/h1-13H,14H2. The second-order valence-electron chi connectivity index (χ2n) is 5.84. The van der Waals surface area contributed by atoms with Gasteiger partial charge in [-0.05, 0) is 48.5 Å². The summed E-state index contributed by atoms with van der Waals surface area (Å²) in [5.41, 5.74) is 1.94. The van der Waals surface area contributed by atoms with Crippen molar-refractivity contribution < 1.29 is 13.6 Å². The summed E-state index contributed by atoms with van der Waals surface area (Å²) in [4.78, 5) is 18.9. The summed E-state index contributed by atoms with van der Waals surface area (Å²) in [5.74, 6) is -0.437. The van der Waals surface area contributed by atoms with Crippen LogP contribution in [-0.2, 0) is 6.54 Å². The summed E-state index contributed by atoms with van der Waals surface area (Å²) in [6.45, 7) is 0.252. The van der Waals surface area contributed by atoms with Gasteiger partial charge in [0, 0.05) is 17.3 Å². The Morgan fingerprint density at radius 1 is 1.00 bits per heavy atom. The monoisotopic (exact) mass is 346 g/mol. The van der Waals surface area contributed by atoms with Crippen molar-refractivity contribution in [1.29, 1.82) is 0 Å². The molecular weight excluding hydrogens is 331 g/mol. The molecule has 0 atom stereocenters. The highest BCUT2D eigenvalue weighted by Crippen LogP contribution is 2.24. The number of halogens is 1. The number of furan rings is 1. The first-order valence-corrected chi connectivity index (χ1v) is 8.16. The number of rotatable bonds is 4. The molecule has 0 bridgehead atoms. The van der Waals surface area contributed by atoms with E-state index in [-0.39, 0.29) is 24.0 Å². The molecule has 0 aliphatic heterocycles.